The van der Waals surface area contributed by atoms with Gasteiger partial charge in [0.25, 0.3) is 5.56 Å². The Kier molecular flexibility index (Phi) is 4.85. The summed E-state index contributed by atoms with van der Waals surface area (Å²) in [6.07, 6.45) is 1.54. The van der Waals surface area contributed by atoms with Crippen molar-refractivity contribution in [3.05, 3.63) is 50.7 Å². The molecular weight excluding hydrogens is 300 g/mol. The second kappa shape index (κ2) is 6.82. The third-order valence-electron chi connectivity index (χ3n) is 3.26. The Morgan fingerprint density at radius 2 is 2.13 bits per heavy atom. The van der Waals surface area contributed by atoms with Crippen LogP contribution in [0.5, 0.6) is 11.5 Å². The molecule has 1 aromatic carbocycles. The Morgan fingerprint density at radius 3 is 2.74 bits per heavy atom. The Morgan fingerprint density at radius 1 is 1.39 bits per heavy atom. The first kappa shape index (κ1) is 16.3. The molecule has 0 atom stereocenters. The highest BCUT2D eigenvalue weighted by Crippen LogP contribution is 2.25. The molecule has 0 unspecified atom stereocenters. The van der Waals surface area contributed by atoms with Gasteiger partial charge in [0.05, 0.1) is 13.3 Å². The minimum absolute atomic E-state index is 0.0351. The van der Waals surface area contributed by atoms with Gasteiger partial charge in [0, 0.05) is 19.7 Å². The molecule has 1 aromatic heterocycles. The number of H-pyrrole nitrogens is 1. The molecule has 23 heavy (non-hydrogen) atoms. The van der Waals surface area contributed by atoms with E-state index in [2.05, 4.69) is 10.1 Å². The first-order chi connectivity index (χ1) is 11.0. The minimum atomic E-state index is -0.507. The molecule has 0 amide bonds. The van der Waals surface area contributed by atoms with Crippen molar-refractivity contribution >= 4 is 12.0 Å². The second-order valence-electron chi connectivity index (χ2n) is 4.75. The number of methoxy groups -OCH3 is 1. The topological polar surface area (TPSA) is 99.9 Å². The van der Waals surface area contributed by atoms with Crippen LogP contribution in [0.1, 0.15) is 12.5 Å². The van der Waals surface area contributed by atoms with Crippen LogP contribution in [0.2, 0.25) is 0 Å². The van der Waals surface area contributed by atoms with E-state index in [-0.39, 0.29) is 5.75 Å². The van der Waals surface area contributed by atoms with Crippen molar-refractivity contribution in [1.29, 1.82) is 0 Å². The van der Waals surface area contributed by atoms with Gasteiger partial charge in [0.15, 0.2) is 11.5 Å². The van der Waals surface area contributed by atoms with Crippen molar-refractivity contribution in [3.8, 4) is 11.5 Å². The van der Waals surface area contributed by atoms with E-state index in [1.165, 1.54) is 31.3 Å². The second-order valence-corrected chi connectivity index (χ2v) is 4.75. The molecule has 2 aromatic rings. The maximum absolute atomic E-state index is 11.7. The molecule has 0 saturated carbocycles. The number of nitrogens with one attached hydrogen (secondary N) is 1. The van der Waals surface area contributed by atoms with Gasteiger partial charge in [-0.05, 0) is 30.7 Å². The summed E-state index contributed by atoms with van der Waals surface area (Å²) in [4.78, 5) is 25.9. The highest BCUT2D eigenvalue weighted by atomic mass is 16.5. The van der Waals surface area contributed by atoms with E-state index in [4.69, 9.17) is 4.74 Å². The number of aromatic nitrogens is 2. The first-order valence-corrected chi connectivity index (χ1v) is 6.95. The number of benzene rings is 1. The molecule has 0 aliphatic carbocycles. The molecule has 8 heteroatoms. The van der Waals surface area contributed by atoms with Crippen LogP contribution in [-0.2, 0) is 7.05 Å². The molecular formula is C15H18N4O4. The summed E-state index contributed by atoms with van der Waals surface area (Å²) in [6, 6.07) is 6.09. The normalized spacial score (nSPS) is 10.9. The van der Waals surface area contributed by atoms with Crippen LogP contribution in [0, 0.1) is 0 Å². The smallest absolute Gasteiger partial charge is 0.329 e. The number of phenolic OH excluding ortho intramolecular Hbond substituents is 1. The summed E-state index contributed by atoms with van der Waals surface area (Å²) < 4.78 is 6.01. The van der Waals surface area contributed by atoms with Crippen molar-refractivity contribution in [1.82, 2.24) is 9.55 Å². The van der Waals surface area contributed by atoms with E-state index in [0.717, 1.165) is 4.57 Å². The zero-order valence-electron chi connectivity index (χ0n) is 13.1. The van der Waals surface area contributed by atoms with Crippen molar-refractivity contribution < 1.29 is 9.84 Å². The number of anilines is 1. The number of aromatic hydroxyl groups is 1. The first-order valence-electron chi connectivity index (χ1n) is 6.95. The molecule has 2 N–H and O–H groups in total. The van der Waals surface area contributed by atoms with E-state index < -0.39 is 11.2 Å². The molecule has 0 aliphatic rings. The average molecular weight is 318 g/mol. The number of hydrogen-bond donors (Lipinski definition) is 2. The maximum Gasteiger partial charge on any atom is 0.329 e. The van der Waals surface area contributed by atoms with Gasteiger partial charge in [-0.2, -0.15) is 5.10 Å². The van der Waals surface area contributed by atoms with Crippen molar-refractivity contribution in [2.75, 3.05) is 18.7 Å². The molecule has 0 radical (unpaired) electrons. The van der Waals surface area contributed by atoms with E-state index in [1.807, 2.05) is 6.92 Å². The van der Waals surface area contributed by atoms with Gasteiger partial charge in [0.1, 0.15) is 5.82 Å². The zero-order valence-corrected chi connectivity index (χ0v) is 13.1. The maximum atomic E-state index is 11.7. The molecule has 1 heterocycles. The lowest BCUT2D eigenvalue weighted by Crippen LogP contribution is -2.34. The lowest BCUT2D eigenvalue weighted by atomic mass is 10.2. The van der Waals surface area contributed by atoms with Gasteiger partial charge >= 0.3 is 5.69 Å². The Balaban J connectivity index is 2.32. The van der Waals surface area contributed by atoms with Crippen LogP contribution >= 0.6 is 0 Å². The number of nitrogens with zero attached hydrogens (tertiary/aromatic N) is 3. The van der Waals surface area contributed by atoms with Crippen molar-refractivity contribution in [2.24, 2.45) is 12.1 Å². The van der Waals surface area contributed by atoms with E-state index in [1.54, 1.807) is 18.3 Å². The van der Waals surface area contributed by atoms with E-state index >= 15 is 0 Å². The van der Waals surface area contributed by atoms with Gasteiger partial charge < -0.3 is 9.84 Å². The van der Waals surface area contributed by atoms with Crippen LogP contribution in [0.3, 0.4) is 0 Å². The third kappa shape index (κ3) is 3.60. The third-order valence-corrected chi connectivity index (χ3v) is 3.26. The Bertz CT molecular complexity index is 807. The quantitative estimate of drug-likeness (QED) is 0.623. The number of hydrazone groups is 1. The predicted octanol–water partition coefficient (Wildman–Crippen LogP) is 0.648. The largest absolute Gasteiger partial charge is 0.504 e. The van der Waals surface area contributed by atoms with Gasteiger partial charge in [-0.1, -0.05) is 0 Å². The van der Waals surface area contributed by atoms with Crippen molar-refractivity contribution in [3.63, 3.8) is 0 Å². The number of hydrogen-bond acceptors (Lipinski definition) is 6. The van der Waals surface area contributed by atoms with Crippen molar-refractivity contribution in [2.45, 2.75) is 6.92 Å². The number of rotatable bonds is 5. The molecule has 122 valence electrons. The average Bonchev–Trinajstić information content (AvgIpc) is 2.54. The van der Waals surface area contributed by atoms with Crippen LogP contribution in [0.25, 0.3) is 0 Å². The number of aromatic amines is 1. The number of phenols is 1. The van der Waals surface area contributed by atoms with Crippen LogP contribution in [-0.4, -0.2) is 34.5 Å². The summed E-state index contributed by atoms with van der Waals surface area (Å²) in [6.45, 7) is 2.29. The molecule has 0 saturated heterocycles. The van der Waals surface area contributed by atoms with E-state index in [0.29, 0.717) is 23.7 Å². The lowest BCUT2D eigenvalue weighted by molar-refractivity contribution is 0.373. The molecule has 0 fully saturated rings. The predicted molar refractivity (Wildman–Crippen MR) is 87.6 cm³/mol. The Hall–Kier alpha value is -3.03. The molecule has 0 spiro atoms. The monoisotopic (exact) mass is 318 g/mol. The fourth-order valence-corrected chi connectivity index (χ4v) is 1.91. The highest BCUT2D eigenvalue weighted by Gasteiger charge is 2.07. The van der Waals surface area contributed by atoms with Gasteiger partial charge in [-0.15, -0.1) is 0 Å². The van der Waals surface area contributed by atoms with Gasteiger partial charge in [-0.25, -0.2) is 9.80 Å². The summed E-state index contributed by atoms with van der Waals surface area (Å²) >= 11 is 0. The molecule has 0 aliphatic heterocycles. The minimum Gasteiger partial charge on any atom is -0.504 e. The molecule has 8 nitrogen and oxygen atoms in total. The van der Waals surface area contributed by atoms with Crippen LogP contribution < -0.4 is 21.0 Å². The van der Waals surface area contributed by atoms with Gasteiger partial charge in [-0.3, -0.25) is 14.3 Å². The Labute approximate surface area is 132 Å². The summed E-state index contributed by atoms with van der Waals surface area (Å²) in [5.74, 6) is 0.675. The van der Waals surface area contributed by atoms with Gasteiger partial charge in [0.2, 0.25) is 0 Å². The molecule has 0 bridgehead atoms. The standard InChI is InChI=1S/C15H18N4O4/c1-4-19(13-8-14(21)18(2)15(22)17-13)16-9-10-5-6-11(20)12(7-10)23-3/h5-9,20H,4H2,1-3H3,(H,17,22). The summed E-state index contributed by atoms with van der Waals surface area (Å²) in [5, 5.41) is 15.3. The summed E-state index contributed by atoms with van der Waals surface area (Å²) in [5.41, 5.74) is -0.222. The lowest BCUT2D eigenvalue weighted by Gasteiger charge is -2.16. The SMILES string of the molecule is CCN(N=Cc1ccc(O)c(OC)c1)c1cc(=O)n(C)c(=O)[nH]1. The zero-order chi connectivity index (χ0) is 17.0. The van der Waals surface area contributed by atoms with E-state index in [9.17, 15) is 14.7 Å². The number of ether oxygens (including phenoxy) is 1. The van der Waals surface area contributed by atoms with Crippen LogP contribution in [0.15, 0.2) is 39.0 Å². The summed E-state index contributed by atoms with van der Waals surface area (Å²) in [7, 11) is 2.85. The highest BCUT2D eigenvalue weighted by molar-refractivity contribution is 5.81. The van der Waals surface area contributed by atoms with Crippen LogP contribution in [0.4, 0.5) is 5.82 Å². The molecule has 2 rings (SSSR count). The fourth-order valence-electron chi connectivity index (χ4n) is 1.91. The fraction of sp³-hybridized carbons (Fsp3) is 0.267.